The van der Waals surface area contributed by atoms with Gasteiger partial charge in [-0.2, -0.15) is 0 Å². The van der Waals surface area contributed by atoms with E-state index in [1.165, 1.54) is 11.3 Å². The van der Waals surface area contributed by atoms with E-state index < -0.39 is 5.97 Å². The molecule has 0 bridgehead atoms. The number of carbonyl (C=O) groups excluding carboxylic acids is 1. The molecule has 1 amide bonds. The van der Waals surface area contributed by atoms with Crippen LogP contribution in [0.25, 0.3) is 10.6 Å². The molecule has 0 aliphatic carbocycles. The maximum Gasteiger partial charge on any atom is 0.303 e. The number of hydrogen-bond donors (Lipinski definition) is 2. The summed E-state index contributed by atoms with van der Waals surface area (Å²) in [5.41, 5.74) is 1.16. The number of carboxylic acids is 1. The van der Waals surface area contributed by atoms with Gasteiger partial charge in [0.25, 0.3) is 5.91 Å². The Kier molecular flexibility index (Phi) is 4.66. The Balaban J connectivity index is 1.64. The first-order chi connectivity index (χ1) is 11.5. The monoisotopic (exact) mass is 348 g/mol. The topological polar surface area (TPSA) is 97.8 Å². The van der Waals surface area contributed by atoms with Gasteiger partial charge < -0.3 is 19.9 Å². The van der Waals surface area contributed by atoms with Crippen LogP contribution in [0.1, 0.15) is 23.8 Å². The highest BCUT2D eigenvalue weighted by atomic mass is 32.1. The predicted octanol–water partition coefficient (Wildman–Crippen LogP) is 2.38. The fraction of sp³-hybridized carbons (Fsp3) is 0.312. The quantitative estimate of drug-likeness (QED) is 0.832. The van der Waals surface area contributed by atoms with Crippen molar-refractivity contribution in [3.63, 3.8) is 0 Å². The lowest BCUT2D eigenvalue weighted by atomic mass is 10.1. The van der Waals surface area contributed by atoms with Gasteiger partial charge in [-0.05, 0) is 24.1 Å². The summed E-state index contributed by atoms with van der Waals surface area (Å²) in [7, 11) is 0. The van der Waals surface area contributed by atoms with Gasteiger partial charge in [0.05, 0.1) is 0 Å². The van der Waals surface area contributed by atoms with Crippen molar-refractivity contribution in [1.29, 1.82) is 0 Å². The number of nitrogens with zero attached hydrogens (tertiary/aromatic N) is 1. The molecule has 2 aromatic rings. The molecule has 2 heterocycles. The average Bonchev–Trinajstić information content (AvgIpc) is 3.20. The van der Waals surface area contributed by atoms with Crippen LogP contribution in [0.4, 0.5) is 0 Å². The summed E-state index contributed by atoms with van der Waals surface area (Å²) in [5.74, 6) is 0.0290. The fourth-order valence-corrected chi connectivity index (χ4v) is 3.07. The van der Waals surface area contributed by atoms with Gasteiger partial charge in [-0.1, -0.05) is 6.92 Å². The Morgan fingerprint density at radius 2 is 2.17 bits per heavy atom. The first-order valence-electron chi connectivity index (χ1n) is 7.38. The Morgan fingerprint density at radius 1 is 1.38 bits per heavy atom. The molecule has 1 aromatic heterocycles. The number of ether oxygens (including phenoxy) is 2. The van der Waals surface area contributed by atoms with Crippen LogP contribution in [0.2, 0.25) is 0 Å². The highest BCUT2D eigenvalue weighted by Gasteiger charge is 2.17. The number of carboxylic acid groups (broad SMARTS) is 1. The zero-order valence-corrected chi connectivity index (χ0v) is 13.8. The maximum atomic E-state index is 12.1. The second-order valence-electron chi connectivity index (χ2n) is 5.52. The number of hydrogen-bond acceptors (Lipinski definition) is 6. The van der Waals surface area contributed by atoms with E-state index in [1.54, 1.807) is 12.3 Å². The van der Waals surface area contributed by atoms with Gasteiger partial charge in [-0.3, -0.25) is 9.59 Å². The molecule has 3 rings (SSSR count). The van der Waals surface area contributed by atoms with Crippen LogP contribution in [0.15, 0.2) is 23.6 Å². The Morgan fingerprint density at radius 3 is 2.96 bits per heavy atom. The number of thiazole rings is 1. The number of aromatic nitrogens is 1. The van der Waals surface area contributed by atoms with Crippen molar-refractivity contribution in [3.8, 4) is 22.1 Å². The third-order valence-corrected chi connectivity index (χ3v) is 4.38. The molecule has 1 aromatic carbocycles. The lowest BCUT2D eigenvalue weighted by Gasteiger charge is -2.09. The first kappa shape index (κ1) is 16.3. The summed E-state index contributed by atoms with van der Waals surface area (Å²) < 4.78 is 10.6. The van der Waals surface area contributed by atoms with E-state index in [1.807, 2.05) is 18.2 Å². The molecule has 7 nitrogen and oxygen atoms in total. The van der Waals surface area contributed by atoms with Crippen LogP contribution in [-0.4, -0.2) is 35.3 Å². The average molecular weight is 348 g/mol. The molecular formula is C16H16N2O5S. The van der Waals surface area contributed by atoms with Crippen molar-refractivity contribution in [1.82, 2.24) is 10.3 Å². The second kappa shape index (κ2) is 6.88. The van der Waals surface area contributed by atoms with Crippen molar-refractivity contribution in [2.45, 2.75) is 13.3 Å². The number of carbonyl (C=O) groups is 2. The smallest absolute Gasteiger partial charge is 0.303 e. The number of aliphatic carboxylic acids is 1. The molecular weight excluding hydrogens is 332 g/mol. The molecule has 0 radical (unpaired) electrons. The Labute approximate surface area is 142 Å². The van der Waals surface area contributed by atoms with E-state index in [0.717, 1.165) is 5.56 Å². The molecule has 0 saturated heterocycles. The van der Waals surface area contributed by atoms with Crippen molar-refractivity contribution in [3.05, 3.63) is 29.3 Å². The lowest BCUT2D eigenvalue weighted by Crippen LogP contribution is -2.29. The molecule has 1 atom stereocenters. The van der Waals surface area contributed by atoms with Crippen molar-refractivity contribution >= 4 is 23.2 Å². The van der Waals surface area contributed by atoms with Gasteiger partial charge in [0.1, 0.15) is 10.7 Å². The van der Waals surface area contributed by atoms with E-state index in [2.05, 4.69) is 10.3 Å². The zero-order chi connectivity index (χ0) is 17.1. The largest absolute Gasteiger partial charge is 0.481 e. The summed E-state index contributed by atoms with van der Waals surface area (Å²) in [4.78, 5) is 27.1. The predicted molar refractivity (Wildman–Crippen MR) is 87.4 cm³/mol. The van der Waals surface area contributed by atoms with Crippen molar-refractivity contribution in [2.24, 2.45) is 5.92 Å². The Bertz CT molecular complexity index is 774. The molecule has 0 fully saturated rings. The van der Waals surface area contributed by atoms with Crippen LogP contribution in [0.3, 0.4) is 0 Å². The van der Waals surface area contributed by atoms with Gasteiger partial charge in [-0.15, -0.1) is 11.3 Å². The van der Waals surface area contributed by atoms with Crippen molar-refractivity contribution < 1.29 is 24.2 Å². The van der Waals surface area contributed by atoms with Crippen LogP contribution >= 0.6 is 11.3 Å². The minimum absolute atomic E-state index is 0.0137. The third kappa shape index (κ3) is 3.65. The number of benzene rings is 1. The zero-order valence-electron chi connectivity index (χ0n) is 12.9. The van der Waals surface area contributed by atoms with E-state index >= 15 is 0 Å². The van der Waals surface area contributed by atoms with Gasteiger partial charge in [0, 0.05) is 23.9 Å². The summed E-state index contributed by atoms with van der Waals surface area (Å²) in [6.07, 6.45) is 0.0137. The third-order valence-electron chi connectivity index (χ3n) is 3.49. The van der Waals surface area contributed by atoms with E-state index in [0.29, 0.717) is 28.7 Å². The van der Waals surface area contributed by atoms with E-state index in [-0.39, 0.29) is 25.0 Å². The normalized spacial score (nSPS) is 13.5. The van der Waals surface area contributed by atoms with Gasteiger partial charge >= 0.3 is 5.97 Å². The summed E-state index contributed by atoms with van der Waals surface area (Å²) in [5, 5.41) is 13.8. The highest BCUT2D eigenvalue weighted by Crippen LogP contribution is 2.36. The molecule has 1 aliphatic heterocycles. The molecule has 0 saturated carbocycles. The van der Waals surface area contributed by atoms with Gasteiger partial charge in [-0.25, -0.2) is 4.98 Å². The summed E-state index contributed by atoms with van der Waals surface area (Å²) >= 11 is 1.36. The molecule has 1 aliphatic rings. The SMILES string of the molecule is CC(CNC(=O)c1csc(-c2ccc3c(c2)OCO3)n1)CC(=O)O. The standard InChI is InChI=1S/C16H16N2O5S/c1-9(4-14(19)20)6-17-15(21)11-7-24-16(18-11)10-2-3-12-13(5-10)23-8-22-12/h2-3,5,7,9H,4,6,8H2,1H3,(H,17,21)(H,19,20). The number of fused-ring (bicyclic) bond motifs is 1. The molecule has 1 unspecified atom stereocenters. The first-order valence-corrected chi connectivity index (χ1v) is 8.26. The number of nitrogens with one attached hydrogen (secondary N) is 1. The minimum atomic E-state index is -0.879. The molecule has 2 N–H and O–H groups in total. The second-order valence-corrected chi connectivity index (χ2v) is 6.38. The summed E-state index contributed by atoms with van der Waals surface area (Å²) in [6, 6.07) is 5.51. The number of rotatable bonds is 6. The van der Waals surface area contributed by atoms with Crippen molar-refractivity contribution in [2.75, 3.05) is 13.3 Å². The number of amides is 1. The highest BCUT2D eigenvalue weighted by molar-refractivity contribution is 7.13. The maximum absolute atomic E-state index is 12.1. The minimum Gasteiger partial charge on any atom is -0.481 e. The molecule has 0 spiro atoms. The van der Waals surface area contributed by atoms with E-state index in [9.17, 15) is 9.59 Å². The molecule has 126 valence electrons. The summed E-state index contributed by atoms with van der Waals surface area (Å²) in [6.45, 7) is 2.27. The lowest BCUT2D eigenvalue weighted by molar-refractivity contribution is -0.137. The van der Waals surface area contributed by atoms with Crippen LogP contribution < -0.4 is 14.8 Å². The fourth-order valence-electron chi connectivity index (χ4n) is 2.27. The van der Waals surface area contributed by atoms with Crippen LogP contribution in [0.5, 0.6) is 11.5 Å². The van der Waals surface area contributed by atoms with Crippen LogP contribution in [0, 0.1) is 5.92 Å². The van der Waals surface area contributed by atoms with Gasteiger partial charge in [0.15, 0.2) is 11.5 Å². The molecule has 8 heteroatoms. The van der Waals surface area contributed by atoms with E-state index in [4.69, 9.17) is 14.6 Å². The van der Waals surface area contributed by atoms with Crippen LogP contribution in [-0.2, 0) is 4.79 Å². The Hall–Kier alpha value is -2.61. The van der Waals surface area contributed by atoms with Gasteiger partial charge in [0.2, 0.25) is 6.79 Å². The molecule has 24 heavy (non-hydrogen) atoms.